The van der Waals surface area contributed by atoms with Gasteiger partial charge in [0.1, 0.15) is 5.82 Å². The molecule has 1 heterocycles. The Kier molecular flexibility index (Phi) is 4.16. The van der Waals surface area contributed by atoms with Crippen LogP contribution in [0.1, 0.15) is 16.2 Å². The summed E-state index contributed by atoms with van der Waals surface area (Å²) in [6.45, 7) is 0.647. The molecule has 0 saturated carbocycles. The van der Waals surface area contributed by atoms with Gasteiger partial charge in [-0.05, 0) is 18.2 Å². The van der Waals surface area contributed by atoms with Gasteiger partial charge in [0.15, 0.2) is 0 Å². The van der Waals surface area contributed by atoms with E-state index in [0.717, 1.165) is 11.5 Å². The minimum absolute atomic E-state index is 0.0556. The van der Waals surface area contributed by atoms with Gasteiger partial charge in [-0.25, -0.2) is 4.98 Å². The number of nitrogens with two attached hydrogens (primary N) is 1. The Morgan fingerprint density at radius 1 is 1.33 bits per heavy atom. The van der Waals surface area contributed by atoms with Crippen LogP contribution in [0.2, 0.25) is 0 Å². The Hall–Kier alpha value is -2.50. The van der Waals surface area contributed by atoms with Crippen molar-refractivity contribution < 1.29 is 4.79 Å². The number of rotatable bonds is 4. The first-order chi connectivity index (χ1) is 9.90. The van der Waals surface area contributed by atoms with Crippen molar-refractivity contribution in [2.75, 3.05) is 31.8 Å². The van der Waals surface area contributed by atoms with Crippen LogP contribution in [0.25, 0.3) is 0 Å². The second-order valence-corrected chi connectivity index (χ2v) is 5.28. The third-order valence-electron chi connectivity index (χ3n) is 3.39. The maximum atomic E-state index is 11.9. The van der Waals surface area contributed by atoms with E-state index in [1.165, 1.54) is 4.90 Å². The number of imidazole rings is 1. The lowest BCUT2D eigenvalue weighted by Crippen LogP contribution is -2.23. The van der Waals surface area contributed by atoms with Crippen LogP contribution in [0, 0.1) is 0 Å². The van der Waals surface area contributed by atoms with E-state index in [-0.39, 0.29) is 5.91 Å². The van der Waals surface area contributed by atoms with Crippen LogP contribution in [0.15, 0.2) is 30.6 Å². The molecule has 0 spiro atoms. The van der Waals surface area contributed by atoms with Crippen molar-refractivity contribution in [3.63, 3.8) is 0 Å². The molecule has 2 rings (SSSR count). The standard InChI is InChI=1S/C15H21N5O/c1-18(2)15(21)11-5-6-13(12(16)9-11)20(4)10-14-17-7-8-19(14)3/h5-9H,10,16H2,1-4H3. The van der Waals surface area contributed by atoms with Crippen LogP contribution < -0.4 is 10.6 Å². The van der Waals surface area contributed by atoms with E-state index in [1.807, 2.05) is 35.8 Å². The van der Waals surface area contributed by atoms with E-state index >= 15 is 0 Å². The molecule has 21 heavy (non-hydrogen) atoms. The summed E-state index contributed by atoms with van der Waals surface area (Å²) in [4.78, 5) is 19.8. The molecule has 1 aromatic carbocycles. The molecule has 0 bridgehead atoms. The van der Waals surface area contributed by atoms with E-state index in [4.69, 9.17) is 5.73 Å². The molecule has 112 valence electrons. The zero-order chi connectivity index (χ0) is 15.6. The third kappa shape index (κ3) is 3.16. The summed E-state index contributed by atoms with van der Waals surface area (Å²) in [6, 6.07) is 5.38. The number of aryl methyl sites for hydroxylation is 1. The number of benzene rings is 1. The molecule has 0 atom stereocenters. The maximum absolute atomic E-state index is 11.9. The van der Waals surface area contributed by atoms with Crippen LogP contribution in [0.5, 0.6) is 0 Å². The van der Waals surface area contributed by atoms with Crippen molar-refractivity contribution in [3.8, 4) is 0 Å². The second-order valence-electron chi connectivity index (χ2n) is 5.28. The number of hydrogen-bond acceptors (Lipinski definition) is 4. The van der Waals surface area contributed by atoms with Gasteiger partial charge in [0.05, 0.1) is 17.9 Å². The molecule has 6 heteroatoms. The number of carbonyl (C=O) groups excluding carboxylic acids is 1. The fourth-order valence-electron chi connectivity index (χ4n) is 2.14. The SMILES string of the molecule is CN(C)C(=O)c1ccc(N(C)Cc2nccn2C)c(N)c1. The minimum atomic E-state index is -0.0556. The number of nitrogen functional groups attached to an aromatic ring is 1. The normalized spacial score (nSPS) is 10.5. The molecule has 0 saturated heterocycles. The van der Waals surface area contributed by atoms with E-state index in [2.05, 4.69) is 4.98 Å². The summed E-state index contributed by atoms with van der Waals surface area (Å²) < 4.78 is 1.97. The van der Waals surface area contributed by atoms with Crippen LogP contribution in [-0.2, 0) is 13.6 Å². The summed E-state index contributed by atoms with van der Waals surface area (Å²) in [6.07, 6.45) is 3.68. The van der Waals surface area contributed by atoms with Crippen molar-refractivity contribution in [2.24, 2.45) is 7.05 Å². The first-order valence-electron chi connectivity index (χ1n) is 6.68. The summed E-state index contributed by atoms with van der Waals surface area (Å²) in [5.41, 5.74) is 8.14. The molecule has 0 fully saturated rings. The first-order valence-corrected chi connectivity index (χ1v) is 6.68. The van der Waals surface area contributed by atoms with Crippen molar-refractivity contribution in [3.05, 3.63) is 42.0 Å². The van der Waals surface area contributed by atoms with Gasteiger partial charge >= 0.3 is 0 Å². The topological polar surface area (TPSA) is 67.4 Å². The predicted octanol–water partition coefficient (Wildman–Crippen LogP) is 1.34. The monoisotopic (exact) mass is 287 g/mol. The molecule has 0 unspecified atom stereocenters. The zero-order valence-electron chi connectivity index (χ0n) is 12.9. The van der Waals surface area contributed by atoms with Crippen LogP contribution in [0.3, 0.4) is 0 Å². The van der Waals surface area contributed by atoms with Crippen molar-refractivity contribution in [1.82, 2.24) is 14.5 Å². The minimum Gasteiger partial charge on any atom is -0.397 e. The molecule has 0 aliphatic carbocycles. The molecule has 0 radical (unpaired) electrons. The number of carbonyl (C=O) groups is 1. The van der Waals surface area contributed by atoms with E-state index in [0.29, 0.717) is 17.8 Å². The van der Waals surface area contributed by atoms with Crippen LogP contribution in [0.4, 0.5) is 11.4 Å². The molecule has 1 amide bonds. The number of amides is 1. The van der Waals surface area contributed by atoms with Gasteiger partial charge in [-0.3, -0.25) is 4.79 Å². The van der Waals surface area contributed by atoms with Crippen molar-refractivity contribution >= 4 is 17.3 Å². The van der Waals surface area contributed by atoms with Crippen molar-refractivity contribution in [2.45, 2.75) is 6.54 Å². The molecule has 1 aromatic heterocycles. The van der Waals surface area contributed by atoms with Gasteiger partial charge in [0.25, 0.3) is 5.91 Å². The Labute approximate surface area is 124 Å². The molecule has 2 aromatic rings. The van der Waals surface area contributed by atoms with Crippen LogP contribution in [-0.4, -0.2) is 41.5 Å². The average molecular weight is 287 g/mol. The predicted molar refractivity (Wildman–Crippen MR) is 84.2 cm³/mol. The molecule has 0 aliphatic heterocycles. The highest BCUT2D eigenvalue weighted by atomic mass is 16.2. The van der Waals surface area contributed by atoms with Crippen LogP contribution >= 0.6 is 0 Å². The van der Waals surface area contributed by atoms with Gasteiger partial charge in [-0.2, -0.15) is 0 Å². The summed E-state index contributed by atoms with van der Waals surface area (Å²) >= 11 is 0. The fourth-order valence-corrected chi connectivity index (χ4v) is 2.14. The lowest BCUT2D eigenvalue weighted by atomic mass is 10.1. The van der Waals surface area contributed by atoms with E-state index in [9.17, 15) is 4.79 Å². The summed E-state index contributed by atoms with van der Waals surface area (Å²) in [5, 5.41) is 0. The first kappa shape index (κ1) is 14.9. The number of anilines is 2. The number of hydrogen-bond donors (Lipinski definition) is 1. The lowest BCUT2D eigenvalue weighted by molar-refractivity contribution is 0.0827. The van der Waals surface area contributed by atoms with Gasteiger partial charge in [-0.15, -0.1) is 0 Å². The van der Waals surface area contributed by atoms with Gasteiger partial charge in [0, 0.05) is 46.1 Å². The molecular weight excluding hydrogens is 266 g/mol. The highest BCUT2D eigenvalue weighted by molar-refractivity contribution is 5.95. The number of aromatic nitrogens is 2. The highest BCUT2D eigenvalue weighted by Gasteiger charge is 2.13. The summed E-state index contributed by atoms with van der Waals surface area (Å²) in [7, 11) is 7.35. The molecule has 6 nitrogen and oxygen atoms in total. The van der Waals surface area contributed by atoms with E-state index < -0.39 is 0 Å². The Balaban J connectivity index is 2.21. The average Bonchev–Trinajstić information content (AvgIpc) is 2.83. The molecule has 0 aliphatic rings. The van der Waals surface area contributed by atoms with Gasteiger partial charge < -0.3 is 20.1 Å². The van der Waals surface area contributed by atoms with Gasteiger partial charge in [-0.1, -0.05) is 0 Å². The largest absolute Gasteiger partial charge is 0.397 e. The fraction of sp³-hybridized carbons (Fsp3) is 0.333. The third-order valence-corrected chi connectivity index (χ3v) is 3.39. The quantitative estimate of drug-likeness (QED) is 0.862. The smallest absolute Gasteiger partial charge is 0.253 e. The lowest BCUT2D eigenvalue weighted by Gasteiger charge is -2.21. The van der Waals surface area contributed by atoms with Gasteiger partial charge in [0.2, 0.25) is 0 Å². The second kappa shape index (κ2) is 5.87. The zero-order valence-corrected chi connectivity index (χ0v) is 12.9. The Morgan fingerprint density at radius 2 is 2.05 bits per heavy atom. The Bertz CT molecular complexity index is 647. The van der Waals surface area contributed by atoms with E-state index in [1.54, 1.807) is 32.4 Å². The maximum Gasteiger partial charge on any atom is 0.253 e. The highest BCUT2D eigenvalue weighted by Crippen LogP contribution is 2.25. The Morgan fingerprint density at radius 3 is 2.57 bits per heavy atom. The molecule has 2 N–H and O–H groups in total. The van der Waals surface area contributed by atoms with Crippen molar-refractivity contribution in [1.29, 1.82) is 0 Å². The molecular formula is C15H21N5O. The summed E-state index contributed by atoms with van der Waals surface area (Å²) in [5.74, 6) is 0.894. The number of nitrogens with zero attached hydrogens (tertiary/aromatic N) is 4.